The minimum absolute atomic E-state index is 0.152. The van der Waals surface area contributed by atoms with Gasteiger partial charge in [0.05, 0.1) is 5.41 Å². The number of primary amides is 1. The van der Waals surface area contributed by atoms with Crippen molar-refractivity contribution in [3.63, 3.8) is 0 Å². The van der Waals surface area contributed by atoms with Crippen LogP contribution in [0.5, 0.6) is 0 Å². The van der Waals surface area contributed by atoms with E-state index in [1.54, 1.807) is 0 Å². The Morgan fingerprint density at radius 2 is 2.00 bits per heavy atom. The summed E-state index contributed by atoms with van der Waals surface area (Å²) in [6.45, 7) is 1.01. The second-order valence-corrected chi connectivity index (χ2v) is 6.59. The lowest BCUT2D eigenvalue weighted by Crippen LogP contribution is -2.49. The Hall–Kier alpha value is -2.02. The fraction of sp³-hybridized carbons (Fsp3) is 0.529. The molecular formula is C17H20F2N2O3. The number of rotatable bonds is 5. The molecule has 2 aliphatic rings. The standard InChI is InChI=1S/C17H20F2N2O3/c18-10-1-2-14(19)12(7-10)11-8-13(11)15(22)21-9-17(16(20)23)3-5-24-6-4-17/h1-2,7,11,13H,3-6,8-9H2,(H2,20,23)(H,21,22)/t11-,13+/m0/s1. The van der Waals surface area contributed by atoms with Gasteiger partial charge in [0.1, 0.15) is 11.6 Å². The lowest BCUT2D eigenvalue weighted by molar-refractivity contribution is -0.134. The van der Waals surface area contributed by atoms with E-state index in [9.17, 15) is 18.4 Å². The molecule has 1 aliphatic heterocycles. The molecule has 0 spiro atoms. The van der Waals surface area contributed by atoms with Gasteiger partial charge in [0.2, 0.25) is 11.8 Å². The SMILES string of the molecule is NC(=O)C1(CNC(=O)[C@@H]2C[C@H]2c2cc(F)ccc2F)CCOCC1. The van der Waals surface area contributed by atoms with Crippen LogP contribution in [-0.2, 0) is 14.3 Å². The predicted molar refractivity (Wildman–Crippen MR) is 81.9 cm³/mol. The third-order valence-corrected chi connectivity index (χ3v) is 5.06. The summed E-state index contributed by atoms with van der Waals surface area (Å²) >= 11 is 0. The highest BCUT2D eigenvalue weighted by Gasteiger charge is 2.46. The number of nitrogens with two attached hydrogens (primary N) is 1. The van der Waals surface area contributed by atoms with Gasteiger partial charge >= 0.3 is 0 Å². The van der Waals surface area contributed by atoms with Crippen LogP contribution in [0.4, 0.5) is 8.78 Å². The maximum absolute atomic E-state index is 13.8. The van der Waals surface area contributed by atoms with Gasteiger partial charge in [0, 0.05) is 25.7 Å². The molecule has 2 atom stereocenters. The molecule has 0 radical (unpaired) electrons. The molecular weight excluding hydrogens is 318 g/mol. The first-order valence-corrected chi connectivity index (χ1v) is 8.03. The molecule has 0 bridgehead atoms. The predicted octanol–water partition coefficient (Wildman–Crippen LogP) is 1.47. The van der Waals surface area contributed by atoms with E-state index in [2.05, 4.69) is 5.32 Å². The number of hydrogen-bond acceptors (Lipinski definition) is 3. The summed E-state index contributed by atoms with van der Waals surface area (Å²) < 4.78 is 32.3. The van der Waals surface area contributed by atoms with Gasteiger partial charge in [-0.15, -0.1) is 0 Å². The highest BCUT2D eigenvalue weighted by atomic mass is 19.1. The first-order chi connectivity index (χ1) is 11.4. The van der Waals surface area contributed by atoms with E-state index >= 15 is 0 Å². The minimum Gasteiger partial charge on any atom is -0.381 e. The number of ether oxygens (including phenoxy) is 1. The first-order valence-electron chi connectivity index (χ1n) is 8.03. The highest BCUT2D eigenvalue weighted by Crippen LogP contribution is 2.48. The first kappa shape index (κ1) is 16.8. The van der Waals surface area contributed by atoms with Crippen molar-refractivity contribution in [1.29, 1.82) is 0 Å². The minimum atomic E-state index is -0.789. The Bertz CT molecular complexity index is 659. The van der Waals surface area contributed by atoms with Gasteiger partial charge in [-0.2, -0.15) is 0 Å². The van der Waals surface area contributed by atoms with Crippen LogP contribution < -0.4 is 11.1 Å². The molecule has 0 unspecified atom stereocenters. The maximum Gasteiger partial charge on any atom is 0.225 e. The van der Waals surface area contributed by atoms with E-state index in [1.165, 1.54) is 0 Å². The molecule has 5 nitrogen and oxygen atoms in total. The summed E-state index contributed by atoms with van der Waals surface area (Å²) in [5, 5.41) is 2.76. The summed E-state index contributed by atoms with van der Waals surface area (Å²) in [4.78, 5) is 24.0. The van der Waals surface area contributed by atoms with Crippen molar-refractivity contribution >= 4 is 11.8 Å². The van der Waals surface area contributed by atoms with E-state index in [1.807, 2.05) is 0 Å². The third kappa shape index (κ3) is 3.26. The van der Waals surface area contributed by atoms with Crippen LogP contribution in [-0.4, -0.2) is 31.6 Å². The van der Waals surface area contributed by atoms with E-state index < -0.39 is 28.9 Å². The molecule has 2 amide bonds. The second-order valence-electron chi connectivity index (χ2n) is 6.59. The molecule has 3 rings (SSSR count). The molecule has 1 saturated heterocycles. The lowest BCUT2D eigenvalue weighted by atomic mass is 9.79. The Kier molecular flexibility index (Phi) is 4.54. The normalized spacial score (nSPS) is 25.1. The number of hydrogen-bond donors (Lipinski definition) is 2. The molecule has 130 valence electrons. The average Bonchev–Trinajstić information content (AvgIpc) is 3.36. The number of carbonyl (C=O) groups is 2. The molecule has 1 saturated carbocycles. The van der Waals surface area contributed by atoms with Gasteiger partial charge in [-0.05, 0) is 48.9 Å². The molecule has 2 fully saturated rings. The molecule has 7 heteroatoms. The van der Waals surface area contributed by atoms with Gasteiger partial charge < -0.3 is 15.8 Å². The van der Waals surface area contributed by atoms with Crippen LogP contribution in [0.25, 0.3) is 0 Å². The largest absolute Gasteiger partial charge is 0.381 e. The maximum atomic E-state index is 13.8. The average molecular weight is 338 g/mol. The fourth-order valence-electron chi connectivity index (χ4n) is 3.29. The molecule has 1 aromatic rings. The number of nitrogens with one attached hydrogen (secondary N) is 1. The third-order valence-electron chi connectivity index (χ3n) is 5.06. The Morgan fingerprint density at radius 3 is 2.67 bits per heavy atom. The topological polar surface area (TPSA) is 81.4 Å². The van der Waals surface area contributed by atoms with Crippen molar-refractivity contribution in [3.05, 3.63) is 35.4 Å². The van der Waals surface area contributed by atoms with Crippen LogP contribution in [0.15, 0.2) is 18.2 Å². The summed E-state index contributed by atoms with van der Waals surface area (Å²) in [6.07, 6.45) is 1.41. The summed E-state index contributed by atoms with van der Waals surface area (Å²) in [6, 6.07) is 3.26. The molecule has 24 heavy (non-hydrogen) atoms. The fourth-order valence-corrected chi connectivity index (χ4v) is 3.29. The van der Waals surface area contributed by atoms with E-state index in [4.69, 9.17) is 10.5 Å². The molecule has 3 N–H and O–H groups in total. The molecule has 0 aromatic heterocycles. The number of benzene rings is 1. The van der Waals surface area contributed by atoms with Crippen molar-refractivity contribution in [3.8, 4) is 0 Å². The zero-order chi connectivity index (χ0) is 17.3. The van der Waals surface area contributed by atoms with E-state index in [0.717, 1.165) is 18.2 Å². The van der Waals surface area contributed by atoms with Crippen LogP contribution in [0.3, 0.4) is 0 Å². The number of amides is 2. The summed E-state index contributed by atoms with van der Waals surface area (Å²) in [5.41, 5.74) is 4.94. The Morgan fingerprint density at radius 1 is 1.29 bits per heavy atom. The van der Waals surface area contributed by atoms with Gasteiger partial charge in [0.15, 0.2) is 0 Å². The summed E-state index contributed by atoms with van der Waals surface area (Å²) in [5.74, 6) is -2.45. The van der Waals surface area contributed by atoms with Gasteiger partial charge in [0.25, 0.3) is 0 Å². The van der Waals surface area contributed by atoms with Crippen molar-refractivity contribution in [1.82, 2.24) is 5.32 Å². The van der Waals surface area contributed by atoms with Crippen LogP contribution in [0.2, 0.25) is 0 Å². The van der Waals surface area contributed by atoms with Gasteiger partial charge in [-0.3, -0.25) is 9.59 Å². The van der Waals surface area contributed by atoms with Crippen molar-refractivity contribution in [2.45, 2.75) is 25.2 Å². The quantitative estimate of drug-likeness (QED) is 0.853. The molecule has 1 aromatic carbocycles. The van der Waals surface area contributed by atoms with E-state index in [-0.39, 0.29) is 23.9 Å². The zero-order valence-corrected chi connectivity index (χ0v) is 13.2. The monoisotopic (exact) mass is 338 g/mol. The highest BCUT2D eigenvalue weighted by molar-refractivity contribution is 5.85. The molecule has 1 aliphatic carbocycles. The lowest BCUT2D eigenvalue weighted by Gasteiger charge is -2.34. The smallest absolute Gasteiger partial charge is 0.225 e. The van der Waals surface area contributed by atoms with Crippen LogP contribution >= 0.6 is 0 Å². The number of carbonyl (C=O) groups excluding carboxylic acids is 2. The summed E-state index contributed by atoms with van der Waals surface area (Å²) in [7, 11) is 0. The Labute approximate surface area is 138 Å². The zero-order valence-electron chi connectivity index (χ0n) is 13.2. The van der Waals surface area contributed by atoms with Crippen LogP contribution in [0.1, 0.15) is 30.7 Å². The van der Waals surface area contributed by atoms with Crippen molar-refractivity contribution < 1.29 is 23.1 Å². The van der Waals surface area contributed by atoms with Gasteiger partial charge in [-0.25, -0.2) is 8.78 Å². The van der Waals surface area contributed by atoms with E-state index in [0.29, 0.717) is 32.5 Å². The Balaban J connectivity index is 1.60. The second kappa shape index (κ2) is 6.47. The van der Waals surface area contributed by atoms with Crippen molar-refractivity contribution in [2.75, 3.05) is 19.8 Å². The number of halogens is 2. The van der Waals surface area contributed by atoms with Crippen molar-refractivity contribution in [2.24, 2.45) is 17.1 Å². The van der Waals surface area contributed by atoms with Gasteiger partial charge in [-0.1, -0.05) is 0 Å². The molecule has 1 heterocycles. The van der Waals surface area contributed by atoms with Crippen LogP contribution in [0, 0.1) is 23.0 Å².